The maximum atomic E-state index is 13.5. The van der Waals surface area contributed by atoms with Gasteiger partial charge in [0, 0.05) is 5.56 Å². The van der Waals surface area contributed by atoms with Gasteiger partial charge < -0.3 is 29.6 Å². The highest BCUT2D eigenvalue weighted by Gasteiger charge is 2.32. The molecule has 4 N–H and O–H groups in total. The summed E-state index contributed by atoms with van der Waals surface area (Å²) < 4.78 is 23.7. The fourth-order valence-corrected chi connectivity index (χ4v) is 6.05. The number of carbonyl (C=O) groups excluding carboxylic acids is 3. The Bertz CT molecular complexity index is 1730. The number of nitrogens with zero attached hydrogens (tertiary/aromatic N) is 1. The summed E-state index contributed by atoms with van der Waals surface area (Å²) in [6.45, 7) is 4.10. The molecule has 266 valence electrons. The Morgan fingerprint density at radius 3 is 2.20 bits per heavy atom. The smallest absolute Gasteiger partial charge is 0.356 e. The molecule has 0 saturated carbocycles. The van der Waals surface area contributed by atoms with E-state index in [2.05, 4.69) is 17.6 Å². The van der Waals surface area contributed by atoms with E-state index in [1.807, 2.05) is 67.6 Å². The largest absolute Gasteiger partial charge is 0.489 e. The lowest BCUT2D eigenvalue weighted by atomic mass is 9.90. The van der Waals surface area contributed by atoms with Crippen LogP contribution >= 0.6 is 7.60 Å². The number of amides is 3. The Balaban J connectivity index is 1.40. The predicted octanol–water partition coefficient (Wildman–Crippen LogP) is 5.70. The van der Waals surface area contributed by atoms with Gasteiger partial charge in [-0.2, -0.15) is 0 Å². The first-order valence-corrected chi connectivity index (χ1v) is 18.2. The van der Waals surface area contributed by atoms with E-state index in [0.717, 1.165) is 30.4 Å². The van der Waals surface area contributed by atoms with Crippen molar-refractivity contribution in [1.82, 2.24) is 15.7 Å². The van der Waals surface area contributed by atoms with Crippen molar-refractivity contribution in [2.45, 2.75) is 65.2 Å². The lowest BCUT2D eigenvalue weighted by Crippen LogP contribution is -2.48. The Morgan fingerprint density at radius 1 is 0.900 bits per heavy atom. The van der Waals surface area contributed by atoms with Crippen LogP contribution in [0.5, 0.6) is 5.75 Å². The van der Waals surface area contributed by atoms with E-state index in [0.29, 0.717) is 24.8 Å². The normalized spacial score (nSPS) is 12.5. The van der Waals surface area contributed by atoms with Crippen LogP contribution in [0.4, 0.5) is 0 Å². The quantitative estimate of drug-likeness (QED) is 0.0297. The minimum Gasteiger partial charge on any atom is -0.489 e. The molecule has 0 unspecified atom stereocenters. The van der Waals surface area contributed by atoms with Crippen molar-refractivity contribution < 1.29 is 42.7 Å². The second-order valence-electron chi connectivity index (χ2n) is 11.7. The first kappa shape index (κ1) is 38.1. The fourth-order valence-electron chi connectivity index (χ4n) is 5.44. The SMILES string of the molecule is CCCCC[C@@H](C(=O)NCNC(=O)c1ccc(-c2cc(OCc3ccccc3)cc(P(=O)(O)O)c2)o1)[C@@H](CC)N(C=O)OCc1ccccc1. The van der Waals surface area contributed by atoms with Crippen LogP contribution in [0, 0.1) is 5.92 Å². The van der Waals surface area contributed by atoms with Gasteiger partial charge in [-0.05, 0) is 54.3 Å². The standard InChI is InChI=1S/C37H44N3O9P/c1-3-5-8-17-32(33(4-2)40(26-41)48-24-28-15-11-7-12-16-28)36(42)38-25-39-37(43)35-19-18-34(49-35)29-20-30(22-31(21-29)50(44,45)46)47-23-27-13-9-6-10-14-27/h6-7,9-16,18-22,26,32-33H,3-5,8,17,23-25H2,1-2H3,(H,38,42)(H,39,43)(H2,44,45,46)/t32-,33-/m1/s1. The van der Waals surface area contributed by atoms with Crippen LogP contribution in [-0.2, 0) is 32.2 Å². The van der Waals surface area contributed by atoms with Crippen LogP contribution in [0.1, 0.15) is 67.6 Å². The Hall–Kier alpha value is -4.74. The lowest BCUT2D eigenvalue weighted by molar-refractivity contribution is -0.200. The van der Waals surface area contributed by atoms with Crippen LogP contribution in [0.3, 0.4) is 0 Å². The molecule has 0 saturated heterocycles. The molecule has 13 heteroatoms. The molecule has 1 heterocycles. The number of hydrogen-bond acceptors (Lipinski definition) is 7. The third-order valence-electron chi connectivity index (χ3n) is 8.09. The van der Waals surface area contributed by atoms with Gasteiger partial charge in [0.15, 0.2) is 5.76 Å². The molecule has 2 atom stereocenters. The molecular formula is C37H44N3O9P. The van der Waals surface area contributed by atoms with Gasteiger partial charge in [0.1, 0.15) is 24.7 Å². The number of hydroxylamine groups is 2. The molecule has 0 aliphatic rings. The van der Waals surface area contributed by atoms with Gasteiger partial charge in [0.25, 0.3) is 5.91 Å². The molecule has 1 aromatic heterocycles. The maximum absolute atomic E-state index is 13.5. The van der Waals surface area contributed by atoms with Gasteiger partial charge in [-0.25, -0.2) is 5.06 Å². The van der Waals surface area contributed by atoms with Gasteiger partial charge in [-0.15, -0.1) is 0 Å². The van der Waals surface area contributed by atoms with E-state index >= 15 is 0 Å². The molecular weight excluding hydrogens is 661 g/mol. The number of hydrogen-bond donors (Lipinski definition) is 4. The van der Waals surface area contributed by atoms with Crippen LogP contribution < -0.4 is 20.7 Å². The summed E-state index contributed by atoms with van der Waals surface area (Å²) in [5, 5.41) is 6.33. The second-order valence-corrected chi connectivity index (χ2v) is 13.3. The zero-order valence-electron chi connectivity index (χ0n) is 28.2. The number of carbonyl (C=O) groups is 3. The molecule has 3 amide bonds. The van der Waals surface area contributed by atoms with Crippen LogP contribution in [0.2, 0.25) is 0 Å². The molecule has 0 aliphatic carbocycles. The first-order chi connectivity index (χ1) is 24.1. The molecule has 0 aliphatic heterocycles. The summed E-state index contributed by atoms with van der Waals surface area (Å²) in [5.41, 5.74) is 2.06. The van der Waals surface area contributed by atoms with Crippen LogP contribution in [0.25, 0.3) is 11.3 Å². The van der Waals surface area contributed by atoms with Crippen molar-refractivity contribution in [3.05, 3.63) is 108 Å². The van der Waals surface area contributed by atoms with Crippen LogP contribution in [0.15, 0.2) is 95.4 Å². The van der Waals surface area contributed by atoms with Crippen molar-refractivity contribution >= 4 is 31.1 Å². The highest BCUT2D eigenvalue weighted by Crippen LogP contribution is 2.37. The third-order valence-corrected chi connectivity index (χ3v) is 9.02. The van der Waals surface area contributed by atoms with Gasteiger partial charge >= 0.3 is 7.60 Å². The van der Waals surface area contributed by atoms with Crippen molar-refractivity contribution in [2.24, 2.45) is 5.92 Å². The minimum absolute atomic E-state index is 0.0741. The summed E-state index contributed by atoms with van der Waals surface area (Å²) in [7, 11) is -4.65. The van der Waals surface area contributed by atoms with Crippen molar-refractivity contribution in [1.29, 1.82) is 0 Å². The predicted molar refractivity (Wildman–Crippen MR) is 188 cm³/mol. The van der Waals surface area contributed by atoms with Gasteiger partial charge in [0.05, 0.1) is 23.9 Å². The van der Waals surface area contributed by atoms with Crippen molar-refractivity contribution in [3.63, 3.8) is 0 Å². The van der Waals surface area contributed by atoms with E-state index in [-0.39, 0.29) is 48.4 Å². The number of ether oxygens (including phenoxy) is 1. The number of rotatable bonds is 20. The van der Waals surface area contributed by atoms with Gasteiger partial charge in [0.2, 0.25) is 12.3 Å². The molecule has 0 spiro atoms. The van der Waals surface area contributed by atoms with E-state index in [1.165, 1.54) is 29.3 Å². The Kier molecular flexibility index (Phi) is 14.4. The van der Waals surface area contributed by atoms with E-state index in [9.17, 15) is 28.7 Å². The zero-order valence-corrected chi connectivity index (χ0v) is 29.1. The van der Waals surface area contributed by atoms with Gasteiger partial charge in [-0.1, -0.05) is 93.8 Å². The van der Waals surface area contributed by atoms with Crippen molar-refractivity contribution in [3.8, 4) is 17.1 Å². The maximum Gasteiger partial charge on any atom is 0.356 e. The zero-order chi connectivity index (χ0) is 35.9. The van der Waals surface area contributed by atoms with E-state index in [4.69, 9.17) is 14.0 Å². The fraction of sp³-hybridized carbons (Fsp3) is 0.324. The summed E-state index contributed by atoms with van der Waals surface area (Å²) in [4.78, 5) is 64.1. The van der Waals surface area contributed by atoms with Gasteiger partial charge in [-0.3, -0.25) is 23.8 Å². The number of nitrogens with one attached hydrogen (secondary N) is 2. The van der Waals surface area contributed by atoms with E-state index < -0.39 is 25.5 Å². The number of unbranched alkanes of at least 4 members (excludes halogenated alkanes) is 2. The highest BCUT2D eigenvalue weighted by molar-refractivity contribution is 7.60. The molecule has 12 nitrogen and oxygen atoms in total. The molecule has 0 bridgehead atoms. The molecule has 50 heavy (non-hydrogen) atoms. The highest BCUT2D eigenvalue weighted by atomic mass is 31.2. The number of benzene rings is 3. The summed E-state index contributed by atoms with van der Waals surface area (Å²) in [6.07, 6.45) is 4.25. The Labute approximate surface area is 291 Å². The Morgan fingerprint density at radius 2 is 1.58 bits per heavy atom. The summed E-state index contributed by atoms with van der Waals surface area (Å²) in [5.74, 6) is -1.20. The molecule has 0 radical (unpaired) electrons. The van der Waals surface area contributed by atoms with E-state index in [1.54, 1.807) is 6.07 Å². The lowest BCUT2D eigenvalue weighted by Gasteiger charge is -2.32. The first-order valence-electron chi connectivity index (χ1n) is 16.6. The third kappa shape index (κ3) is 11.1. The summed E-state index contributed by atoms with van der Waals surface area (Å²) >= 11 is 0. The number of furan rings is 1. The molecule has 0 fully saturated rings. The second kappa shape index (κ2) is 18.9. The molecule has 4 rings (SSSR count). The average Bonchev–Trinajstić information content (AvgIpc) is 3.63. The molecule has 3 aromatic carbocycles. The summed E-state index contributed by atoms with van der Waals surface area (Å²) in [6, 6.07) is 25.3. The average molecular weight is 706 g/mol. The van der Waals surface area contributed by atoms with Crippen LogP contribution in [-0.4, -0.2) is 45.8 Å². The monoisotopic (exact) mass is 705 g/mol. The topological polar surface area (TPSA) is 168 Å². The minimum atomic E-state index is -4.65. The molecule has 4 aromatic rings. The van der Waals surface area contributed by atoms with Crippen molar-refractivity contribution in [2.75, 3.05) is 6.67 Å².